The molecule has 0 atom stereocenters. The molecule has 0 amide bonds. The minimum atomic E-state index is 0.590. The summed E-state index contributed by atoms with van der Waals surface area (Å²) < 4.78 is 1.40. The highest BCUT2D eigenvalue weighted by atomic mass is 15.7. The standard InChI is InChI=1S/C8H16N/c1-7(2)8(3,4)9(7)5-6-9/h5-6H2,1-4H3/q+1. The van der Waals surface area contributed by atoms with Crippen LogP contribution >= 0.6 is 0 Å². The molecule has 2 rings (SSSR count). The first-order valence-corrected chi connectivity index (χ1v) is 3.83. The lowest BCUT2D eigenvalue weighted by Gasteiger charge is -1.93. The highest BCUT2D eigenvalue weighted by Gasteiger charge is 2.86. The van der Waals surface area contributed by atoms with E-state index in [-0.39, 0.29) is 0 Å². The lowest BCUT2D eigenvalue weighted by Crippen LogP contribution is -2.10. The second-order valence-corrected chi connectivity index (χ2v) is 4.53. The maximum Gasteiger partial charge on any atom is 0.149 e. The van der Waals surface area contributed by atoms with Gasteiger partial charge in [-0.3, -0.25) is 4.48 Å². The van der Waals surface area contributed by atoms with Gasteiger partial charge in [0.05, 0.1) is 0 Å². The van der Waals surface area contributed by atoms with Crippen LogP contribution in [0.15, 0.2) is 0 Å². The summed E-state index contributed by atoms with van der Waals surface area (Å²) >= 11 is 0. The van der Waals surface area contributed by atoms with E-state index in [2.05, 4.69) is 27.7 Å². The smallest absolute Gasteiger partial charge is 0.149 e. The van der Waals surface area contributed by atoms with E-state index in [9.17, 15) is 0 Å². The van der Waals surface area contributed by atoms with Crippen LogP contribution in [0.5, 0.6) is 0 Å². The molecule has 2 aliphatic rings. The maximum atomic E-state index is 2.39. The SMILES string of the molecule is CC1(C)C(C)(C)[N+]12CC2. The Kier molecular flexibility index (Phi) is 0.615. The maximum absolute atomic E-state index is 2.39. The largest absolute Gasteiger partial charge is 0.295 e. The molecule has 2 saturated heterocycles. The Labute approximate surface area is 57.3 Å². The summed E-state index contributed by atoms with van der Waals surface area (Å²) in [5, 5.41) is 0. The highest BCUT2D eigenvalue weighted by Crippen LogP contribution is 2.65. The van der Waals surface area contributed by atoms with Crippen molar-refractivity contribution in [3.63, 3.8) is 0 Å². The van der Waals surface area contributed by atoms with Crippen molar-refractivity contribution < 1.29 is 4.48 Å². The van der Waals surface area contributed by atoms with Crippen LogP contribution in [0.4, 0.5) is 0 Å². The molecule has 9 heavy (non-hydrogen) atoms. The van der Waals surface area contributed by atoms with E-state index in [1.54, 1.807) is 0 Å². The number of quaternary nitrogens is 1. The number of rotatable bonds is 0. The van der Waals surface area contributed by atoms with E-state index in [1.807, 2.05) is 0 Å². The number of nitrogens with zero attached hydrogens (tertiary/aromatic N) is 1. The van der Waals surface area contributed by atoms with Crippen molar-refractivity contribution in [2.45, 2.75) is 38.8 Å². The van der Waals surface area contributed by atoms with Gasteiger partial charge in [0.25, 0.3) is 0 Å². The van der Waals surface area contributed by atoms with Gasteiger partial charge in [-0.2, -0.15) is 0 Å². The molecular formula is C8H16N+. The fourth-order valence-corrected chi connectivity index (χ4v) is 2.59. The van der Waals surface area contributed by atoms with E-state index in [0.29, 0.717) is 11.1 Å². The first-order valence-electron chi connectivity index (χ1n) is 3.83. The van der Waals surface area contributed by atoms with Gasteiger partial charge in [0.2, 0.25) is 0 Å². The first kappa shape index (κ1) is 5.72. The van der Waals surface area contributed by atoms with Crippen molar-refractivity contribution in [3.05, 3.63) is 0 Å². The van der Waals surface area contributed by atoms with Gasteiger partial charge < -0.3 is 0 Å². The van der Waals surface area contributed by atoms with E-state index >= 15 is 0 Å². The van der Waals surface area contributed by atoms with E-state index in [0.717, 1.165) is 0 Å². The minimum Gasteiger partial charge on any atom is -0.295 e. The monoisotopic (exact) mass is 126 g/mol. The fourth-order valence-electron chi connectivity index (χ4n) is 2.59. The summed E-state index contributed by atoms with van der Waals surface area (Å²) in [4.78, 5) is 0. The molecule has 0 radical (unpaired) electrons. The van der Waals surface area contributed by atoms with Crippen LogP contribution < -0.4 is 0 Å². The molecular weight excluding hydrogens is 110 g/mol. The third kappa shape index (κ3) is 0.315. The Bertz CT molecular complexity index is 137. The molecule has 0 N–H and O–H groups in total. The molecule has 0 aliphatic carbocycles. The van der Waals surface area contributed by atoms with Gasteiger partial charge in [0.15, 0.2) is 0 Å². The topological polar surface area (TPSA) is 0 Å². The van der Waals surface area contributed by atoms with Crippen molar-refractivity contribution in [1.82, 2.24) is 0 Å². The van der Waals surface area contributed by atoms with Crippen molar-refractivity contribution >= 4 is 0 Å². The summed E-state index contributed by atoms with van der Waals surface area (Å²) in [6.07, 6.45) is 0. The zero-order valence-electron chi connectivity index (χ0n) is 6.86. The second kappa shape index (κ2) is 0.968. The Morgan fingerprint density at radius 1 is 0.889 bits per heavy atom. The molecule has 0 aromatic rings. The van der Waals surface area contributed by atoms with Gasteiger partial charge in [-0.15, -0.1) is 0 Å². The van der Waals surface area contributed by atoms with Crippen molar-refractivity contribution in [3.8, 4) is 0 Å². The predicted molar refractivity (Wildman–Crippen MR) is 38.2 cm³/mol. The molecule has 0 unspecified atom stereocenters. The van der Waals surface area contributed by atoms with Gasteiger partial charge in [-0.1, -0.05) is 0 Å². The quantitative estimate of drug-likeness (QED) is 0.340. The molecule has 0 saturated carbocycles. The molecule has 0 bridgehead atoms. The molecule has 1 heteroatoms. The molecule has 0 aromatic heterocycles. The van der Waals surface area contributed by atoms with Crippen LogP contribution in [-0.2, 0) is 0 Å². The molecule has 1 spiro atoms. The second-order valence-electron chi connectivity index (χ2n) is 4.53. The lowest BCUT2D eigenvalue weighted by molar-refractivity contribution is -0.711. The summed E-state index contributed by atoms with van der Waals surface area (Å²) in [5.41, 5.74) is 1.18. The Balaban J connectivity index is 2.36. The van der Waals surface area contributed by atoms with Gasteiger partial charge in [0.1, 0.15) is 24.2 Å². The van der Waals surface area contributed by atoms with Crippen LogP contribution in [0.25, 0.3) is 0 Å². The van der Waals surface area contributed by atoms with Gasteiger partial charge >= 0.3 is 0 Å². The highest BCUT2D eigenvalue weighted by molar-refractivity contribution is 5.10. The summed E-state index contributed by atoms with van der Waals surface area (Å²) in [6.45, 7) is 12.4. The molecule has 1 nitrogen and oxygen atoms in total. The molecule has 2 fully saturated rings. The van der Waals surface area contributed by atoms with E-state index in [4.69, 9.17) is 0 Å². The van der Waals surface area contributed by atoms with Crippen LogP contribution in [0.2, 0.25) is 0 Å². The summed E-state index contributed by atoms with van der Waals surface area (Å²) in [6, 6.07) is 0. The van der Waals surface area contributed by atoms with Crippen LogP contribution in [0.3, 0.4) is 0 Å². The van der Waals surface area contributed by atoms with Crippen LogP contribution in [0.1, 0.15) is 27.7 Å². The van der Waals surface area contributed by atoms with Crippen LogP contribution in [0, 0.1) is 0 Å². The van der Waals surface area contributed by atoms with Crippen LogP contribution in [-0.4, -0.2) is 28.7 Å². The molecule has 52 valence electrons. The Morgan fingerprint density at radius 3 is 1.22 bits per heavy atom. The Morgan fingerprint density at radius 2 is 1.22 bits per heavy atom. The zero-order chi connectivity index (χ0) is 6.91. The third-order valence-corrected chi connectivity index (χ3v) is 4.26. The average molecular weight is 126 g/mol. The van der Waals surface area contributed by atoms with Gasteiger partial charge in [-0.25, -0.2) is 0 Å². The molecule has 2 aliphatic heterocycles. The van der Waals surface area contributed by atoms with Gasteiger partial charge in [-0.05, 0) is 27.7 Å². The van der Waals surface area contributed by atoms with E-state index in [1.165, 1.54) is 17.6 Å². The zero-order valence-corrected chi connectivity index (χ0v) is 6.86. The minimum absolute atomic E-state index is 0.590. The number of hydrogen-bond acceptors (Lipinski definition) is 0. The van der Waals surface area contributed by atoms with Crippen molar-refractivity contribution in [2.75, 3.05) is 13.1 Å². The normalized spacial score (nSPS) is 38.7. The summed E-state index contributed by atoms with van der Waals surface area (Å²) in [5.74, 6) is 0. The lowest BCUT2D eigenvalue weighted by atomic mass is 10.0. The molecule has 2 heterocycles. The fraction of sp³-hybridized carbons (Fsp3) is 1.00. The first-order chi connectivity index (χ1) is 3.96. The predicted octanol–water partition coefficient (Wildman–Crippen LogP) is 1.39. The average Bonchev–Trinajstić information content (AvgIpc) is 2.45. The Hall–Kier alpha value is -0.0400. The summed E-state index contributed by atoms with van der Waals surface area (Å²) in [7, 11) is 0. The van der Waals surface area contributed by atoms with E-state index < -0.39 is 0 Å². The number of hydrogen-bond donors (Lipinski definition) is 0. The van der Waals surface area contributed by atoms with Crippen molar-refractivity contribution in [2.24, 2.45) is 0 Å². The van der Waals surface area contributed by atoms with Gasteiger partial charge in [0, 0.05) is 0 Å². The molecule has 0 aromatic carbocycles. The van der Waals surface area contributed by atoms with Crippen molar-refractivity contribution in [1.29, 1.82) is 0 Å². The third-order valence-electron chi connectivity index (χ3n) is 4.26.